The van der Waals surface area contributed by atoms with Crippen LogP contribution in [0.4, 0.5) is 13.2 Å². The summed E-state index contributed by atoms with van der Waals surface area (Å²) in [5.41, 5.74) is 0. The van der Waals surface area contributed by atoms with Crippen LogP contribution in [0.15, 0.2) is 0 Å². The smallest absolute Gasteiger partial charge is 0.349 e. The highest BCUT2D eigenvalue weighted by molar-refractivity contribution is 5.79. The first-order valence-corrected chi connectivity index (χ1v) is 7.20. The molecule has 1 aromatic rings. The van der Waals surface area contributed by atoms with Gasteiger partial charge in [0.25, 0.3) is 0 Å². The molecule has 1 saturated carbocycles. The van der Waals surface area contributed by atoms with Crippen LogP contribution >= 0.6 is 0 Å². The fourth-order valence-electron chi connectivity index (χ4n) is 2.78. The summed E-state index contributed by atoms with van der Waals surface area (Å²) in [6, 6.07) is 0. The van der Waals surface area contributed by atoms with E-state index >= 15 is 0 Å². The van der Waals surface area contributed by atoms with Gasteiger partial charge in [-0.3, -0.25) is 4.79 Å². The number of rotatable bonds is 3. The summed E-state index contributed by atoms with van der Waals surface area (Å²) < 4.78 is 39.8. The Balaban J connectivity index is 1.62. The van der Waals surface area contributed by atoms with Crippen molar-refractivity contribution in [3.63, 3.8) is 0 Å². The lowest BCUT2D eigenvalue weighted by atomic mass is 9.85. The van der Waals surface area contributed by atoms with E-state index in [1.54, 1.807) is 4.57 Å². The summed E-state index contributed by atoms with van der Waals surface area (Å²) in [6.45, 7) is 0.486. The maximum absolute atomic E-state index is 12.7. The number of alkyl halides is 3. The van der Waals surface area contributed by atoms with Crippen molar-refractivity contribution in [2.24, 2.45) is 11.8 Å². The highest BCUT2D eigenvalue weighted by Crippen LogP contribution is 2.34. The summed E-state index contributed by atoms with van der Waals surface area (Å²) in [5.74, 6) is -0.354. The van der Waals surface area contributed by atoms with Crippen LogP contribution in [0.1, 0.15) is 37.3 Å². The predicted molar refractivity (Wildman–Crippen MR) is 67.1 cm³/mol. The van der Waals surface area contributed by atoms with Gasteiger partial charge >= 0.3 is 6.18 Å². The standard InChI is InChI=1S/C13H17F3N4O/c14-13(15,16)9-4-5-20-10(6-9)18-19-11(20)7-17-12(21)8-2-1-3-8/h8-9H,1-7H2,(H,17,21)/t9-/m1/s1. The Bertz CT molecular complexity index is 536. The van der Waals surface area contributed by atoms with Gasteiger partial charge in [0.1, 0.15) is 5.82 Å². The summed E-state index contributed by atoms with van der Waals surface area (Å²) >= 11 is 0. The molecule has 1 atom stereocenters. The van der Waals surface area contributed by atoms with E-state index in [1.165, 1.54) is 0 Å². The molecular formula is C13H17F3N4O. The Hall–Kier alpha value is -1.60. The van der Waals surface area contributed by atoms with E-state index in [2.05, 4.69) is 15.5 Å². The van der Waals surface area contributed by atoms with Crippen LogP contribution in [-0.2, 0) is 24.3 Å². The third-order valence-electron chi connectivity index (χ3n) is 4.39. The number of amides is 1. The van der Waals surface area contributed by atoms with Gasteiger partial charge in [-0.05, 0) is 19.3 Å². The monoisotopic (exact) mass is 302 g/mol. The van der Waals surface area contributed by atoms with Gasteiger partial charge in [-0.25, -0.2) is 0 Å². The number of nitrogens with zero attached hydrogens (tertiary/aromatic N) is 3. The minimum Gasteiger partial charge on any atom is -0.349 e. The molecule has 0 spiro atoms. The van der Waals surface area contributed by atoms with Gasteiger partial charge in [-0.15, -0.1) is 10.2 Å². The third-order valence-corrected chi connectivity index (χ3v) is 4.39. The number of hydrogen-bond donors (Lipinski definition) is 1. The van der Waals surface area contributed by atoms with Gasteiger partial charge in [-0.1, -0.05) is 6.42 Å². The molecule has 1 aromatic heterocycles. The zero-order chi connectivity index (χ0) is 15.0. The number of nitrogens with one attached hydrogen (secondary N) is 1. The normalized spacial score (nSPS) is 22.5. The van der Waals surface area contributed by atoms with Crippen LogP contribution in [0.2, 0.25) is 0 Å². The zero-order valence-electron chi connectivity index (χ0n) is 11.5. The first-order valence-electron chi connectivity index (χ1n) is 7.20. The fraction of sp³-hybridized carbons (Fsp3) is 0.769. The number of aromatic nitrogens is 3. The zero-order valence-corrected chi connectivity index (χ0v) is 11.5. The molecule has 0 bridgehead atoms. The van der Waals surface area contributed by atoms with Crippen molar-refractivity contribution >= 4 is 5.91 Å². The summed E-state index contributed by atoms with van der Waals surface area (Å²) in [6.07, 6.45) is -1.37. The highest BCUT2D eigenvalue weighted by atomic mass is 19.4. The molecule has 8 heteroatoms. The lowest BCUT2D eigenvalue weighted by molar-refractivity contribution is -0.179. The Labute approximate surface area is 119 Å². The van der Waals surface area contributed by atoms with Gasteiger partial charge < -0.3 is 9.88 Å². The Kier molecular flexibility index (Phi) is 3.62. The maximum atomic E-state index is 12.7. The molecule has 2 heterocycles. The molecule has 21 heavy (non-hydrogen) atoms. The van der Waals surface area contributed by atoms with Crippen LogP contribution in [0.5, 0.6) is 0 Å². The van der Waals surface area contributed by atoms with Crippen LogP contribution in [0, 0.1) is 11.8 Å². The summed E-state index contributed by atoms with van der Waals surface area (Å²) in [4.78, 5) is 11.8. The number of carbonyl (C=O) groups excluding carboxylic acids is 1. The molecule has 1 fully saturated rings. The van der Waals surface area contributed by atoms with Crippen LogP contribution in [-0.4, -0.2) is 26.8 Å². The average molecular weight is 302 g/mol. The number of hydrogen-bond acceptors (Lipinski definition) is 3. The van der Waals surface area contributed by atoms with E-state index in [0.29, 0.717) is 11.6 Å². The number of fused-ring (bicyclic) bond motifs is 1. The largest absolute Gasteiger partial charge is 0.392 e. The van der Waals surface area contributed by atoms with Crippen LogP contribution in [0.25, 0.3) is 0 Å². The molecule has 1 aliphatic carbocycles. The minimum atomic E-state index is -4.18. The summed E-state index contributed by atoms with van der Waals surface area (Å²) in [7, 11) is 0. The van der Waals surface area contributed by atoms with Gasteiger partial charge in [0.05, 0.1) is 12.5 Å². The molecule has 0 saturated heterocycles. The van der Waals surface area contributed by atoms with Crippen molar-refractivity contribution in [3.05, 3.63) is 11.6 Å². The Morgan fingerprint density at radius 2 is 2.05 bits per heavy atom. The number of halogens is 3. The van der Waals surface area contributed by atoms with Gasteiger partial charge in [-0.2, -0.15) is 13.2 Å². The first-order chi connectivity index (χ1) is 9.95. The summed E-state index contributed by atoms with van der Waals surface area (Å²) in [5, 5.41) is 10.6. The Morgan fingerprint density at radius 3 is 2.67 bits per heavy atom. The van der Waals surface area contributed by atoms with Gasteiger partial charge in [0, 0.05) is 18.9 Å². The van der Waals surface area contributed by atoms with Gasteiger partial charge in [0.2, 0.25) is 5.91 Å². The van der Waals surface area contributed by atoms with E-state index < -0.39 is 12.1 Å². The van der Waals surface area contributed by atoms with E-state index in [1.807, 2.05) is 0 Å². The molecule has 3 rings (SSSR count). The van der Waals surface area contributed by atoms with E-state index in [-0.39, 0.29) is 37.8 Å². The molecule has 2 aliphatic rings. The number of carbonyl (C=O) groups is 1. The molecule has 116 valence electrons. The van der Waals surface area contributed by atoms with Gasteiger partial charge in [0.15, 0.2) is 5.82 Å². The average Bonchev–Trinajstić information content (AvgIpc) is 2.75. The molecule has 1 N–H and O–H groups in total. The van der Waals surface area contributed by atoms with Crippen molar-refractivity contribution in [1.82, 2.24) is 20.1 Å². The van der Waals surface area contributed by atoms with E-state index in [4.69, 9.17) is 0 Å². The second-order valence-electron chi connectivity index (χ2n) is 5.76. The first kappa shape index (κ1) is 14.3. The molecule has 0 aromatic carbocycles. The van der Waals surface area contributed by atoms with E-state index in [9.17, 15) is 18.0 Å². The predicted octanol–water partition coefficient (Wildman–Crippen LogP) is 1.82. The Morgan fingerprint density at radius 1 is 1.29 bits per heavy atom. The maximum Gasteiger partial charge on any atom is 0.392 e. The minimum absolute atomic E-state index is 0.00239. The van der Waals surface area contributed by atoms with Crippen LogP contribution in [0.3, 0.4) is 0 Å². The highest BCUT2D eigenvalue weighted by Gasteiger charge is 2.42. The molecular weight excluding hydrogens is 285 g/mol. The van der Waals surface area contributed by atoms with Crippen molar-refractivity contribution in [1.29, 1.82) is 0 Å². The fourth-order valence-corrected chi connectivity index (χ4v) is 2.78. The van der Waals surface area contributed by atoms with Crippen molar-refractivity contribution in [2.45, 2.75) is 51.4 Å². The lowest BCUT2D eigenvalue weighted by Crippen LogP contribution is -2.35. The molecule has 1 amide bonds. The molecule has 1 aliphatic heterocycles. The van der Waals surface area contributed by atoms with Crippen molar-refractivity contribution < 1.29 is 18.0 Å². The lowest BCUT2D eigenvalue weighted by Gasteiger charge is -2.26. The van der Waals surface area contributed by atoms with E-state index in [0.717, 1.165) is 19.3 Å². The molecule has 0 unspecified atom stereocenters. The van der Waals surface area contributed by atoms with Crippen molar-refractivity contribution in [2.75, 3.05) is 0 Å². The molecule has 5 nitrogen and oxygen atoms in total. The second kappa shape index (κ2) is 5.31. The SMILES string of the molecule is O=C(NCc1nnc2n1CC[C@@H](C(F)(F)F)C2)C1CCC1. The topological polar surface area (TPSA) is 59.8 Å². The van der Waals surface area contributed by atoms with Crippen LogP contribution < -0.4 is 5.32 Å². The molecule has 0 radical (unpaired) electrons. The van der Waals surface area contributed by atoms with Crippen molar-refractivity contribution in [3.8, 4) is 0 Å². The third kappa shape index (κ3) is 2.89. The quantitative estimate of drug-likeness (QED) is 0.926. The second-order valence-corrected chi connectivity index (χ2v) is 5.76.